The van der Waals surface area contributed by atoms with Crippen molar-refractivity contribution in [3.05, 3.63) is 41.4 Å². The first-order valence-corrected chi connectivity index (χ1v) is 8.43. The quantitative estimate of drug-likeness (QED) is 0.378. The van der Waals surface area contributed by atoms with Gasteiger partial charge >= 0.3 is 0 Å². The van der Waals surface area contributed by atoms with Gasteiger partial charge in [0.2, 0.25) is 6.43 Å². The van der Waals surface area contributed by atoms with Crippen LogP contribution < -0.4 is 5.32 Å². The first-order valence-electron chi connectivity index (χ1n) is 8.43. The molecule has 0 aliphatic carbocycles. The maximum Gasteiger partial charge on any atom is 0.253 e. The van der Waals surface area contributed by atoms with Gasteiger partial charge in [-0.1, -0.05) is 20.8 Å². The molecule has 0 saturated carbocycles. The first-order chi connectivity index (χ1) is 12.1. The summed E-state index contributed by atoms with van der Waals surface area (Å²) in [5.74, 6) is -0.697. The number of hydrogen-bond acceptors (Lipinski definition) is 3. The summed E-state index contributed by atoms with van der Waals surface area (Å²) in [7, 11) is 1.49. The third-order valence-corrected chi connectivity index (χ3v) is 3.85. The van der Waals surface area contributed by atoms with Crippen LogP contribution in [0, 0.1) is 11.7 Å². The topological polar surface area (TPSA) is 44.7 Å². The van der Waals surface area contributed by atoms with E-state index in [2.05, 4.69) is 31.0 Å². The number of nitrogens with one attached hydrogen (secondary N) is 1. The number of carbonyl (C=O) groups is 1. The van der Waals surface area contributed by atoms with Crippen molar-refractivity contribution in [3.63, 3.8) is 0 Å². The fourth-order valence-electron chi connectivity index (χ4n) is 2.73. The van der Waals surface area contributed by atoms with Crippen molar-refractivity contribution in [2.75, 3.05) is 12.4 Å². The summed E-state index contributed by atoms with van der Waals surface area (Å²) < 4.78 is 39.3. The minimum Gasteiger partial charge on any atom is -0.322 e. The number of carbonyl (C=O) groups excluding carboxylic acids is 1. The summed E-state index contributed by atoms with van der Waals surface area (Å²) >= 11 is 0. The van der Waals surface area contributed by atoms with Crippen molar-refractivity contribution in [2.45, 2.75) is 46.0 Å². The second kappa shape index (κ2) is 9.99. The number of amides is 1. The minimum absolute atomic E-state index is 0.000966. The molecule has 1 N–H and O–H groups in total. The molecular weight excluding hydrogens is 343 g/mol. The van der Waals surface area contributed by atoms with E-state index >= 15 is 0 Å². The van der Waals surface area contributed by atoms with Crippen LogP contribution in [0.3, 0.4) is 0 Å². The zero-order valence-electron chi connectivity index (χ0n) is 15.6. The van der Waals surface area contributed by atoms with Gasteiger partial charge in [-0.25, -0.2) is 13.2 Å². The maximum atomic E-state index is 13.7. The van der Waals surface area contributed by atoms with E-state index in [1.165, 1.54) is 36.5 Å². The number of alkyl halides is 2. The van der Waals surface area contributed by atoms with Crippen LogP contribution in [0.15, 0.2) is 35.1 Å². The number of nitrogens with zero attached hydrogens (tertiary/aromatic N) is 2. The molecule has 26 heavy (non-hydrogen) atoms. The van der Waals surface area contributed by atoms with Gasteiger partial charge in [0.1, 0.15) is 5.82 Å². The number of hydrogen-bond donors (Lipinski definition) is 1. The second-order valence-electron chi connectivity index (χ2n) is 6.68. The molecule has 0 aromatic heterocycles. The average molecular weight is 369 g/mol. The predicted octanol–water partition coefficient (Wildman–Crippen LogP) is 5.00. The normalized spacial score (nSPS) is 13.0. The predicted molar refractivity (Wildman–Crippen MR) is 98.9 cm³/mol. The minimum atomic E-state index is -2.68. The molecule has 1 amide bonds. The Morgan fingerprint density at radius 1 is 1.35 bits per heavy atom. The van der Waals surface area contributed by atoms with Gasteiger partial charge in [0, 0.05) is 37.6 Å². The Kier molecular flexibility index (Phi) is 8.35. The zero-order chi connectivity index (χ0) is 19.9. The van der Waals surface area contributed by atoms with Crippen molar-refractivity contribution in [1.82, 2.24) is 5.01 Å². The van der Waals surface area contributed by atoms with Crippen LogP contribution >= 0.6 is 0 Å². The Hall–Kier alpha value is -2.31. The molecule has 0 fully saturated rings. The Bertz CT molecular complexity index is 659. The summed E-state index contributed by atoms with van der Waals surface area (Å²) in [6.07, 6.45) is -1.40. The largest absolute Gasteiger partial charge is 0.322 e. The molecular formula is C19H26F3N3O. The summed E-state index contributed by atoms with van der Waals surface area (Å²) in [5.41, 5.74) is 0.916. The molecule has 7 heteroatoms. The average Bonchev–Trinajstić information content (AvgIpc) is 2.54. The van der Waals surface area contributed by atoms with E-state index in [4.69, 9.17) is 0 Å². The van der Waals surface area contributed by atoms with E-state index < -0.39 is 24.6 Å². The lowest BCUT2D eigenvalue weighted by Gasteiger charge is -2.20. The lowest BCUT2D eigenvalue weighted by molar-refractivity contribution is -0.113. The van der Waals surface area contributed by atoms with Gasteiger partial charge in [0.05, 0.1) is 0 Å². The Morgan fingerprint density at radius 3 is 2.54 bits per heavy atom. The first kappa shape index (κ1) is 21.7. The molecule has 1 aromatic carbocycles. The summed E-state index contributed by atoms with van der Waals surface area (Å²) in [4.78, 5) is 12.5. The number of halogens is 3. The van der Waals surface area contributed by atoms with E-state index in [1.807, 2.05) is 6.92 Å². The summed E-state index contributed by atoms with van der Waals surface area (Å²) in [6, 6.07) is 4.06. The van der Waals surface area contributed by atoms with Crippen LogP contribution in [0.1, 0.15) is 45.1 Å². The highest BCUT2D eigenvalue weighted by molar-refractivity contribution is 6.04. The smallest absolute Gasteiger partial charge is 0.253 e. The van der Waals surface area contributed by atoms with Gasteiger partial charge in [-0.15, -0.1) is 0 Å². The third kappa shape index (κ3) is 6.90. The fraction of sp³-hybridized carbons (Fsp3) is 0.474. The Labute approximate surface area is 152 Å². The van der Waals surface area contributed by atoms with Gasteiger partial charge in [0.25, 0.3) is 5.91 Å². The molecule has 1 rings (SSSR count). The van der Waals surface area contributed by atoms with Crippen molar-refractivity contribution in [2.24, 2.45) is 11.0 Å². The highest BCUT2D eigenvalue weighted by Gasteiger charge is 2.19. The summed E-state index contributed by atoms with van der Waals surface area (Å²) in [6.45, 7) is 9.32. The van der Waals surface area contributed by atoms with Gasteiger partial charge in [-0.3, -0.25) is 9.80 Å². The number of benzene rings is 1. The van der Waals surface area contributed by atoms with Gasteiger partial charge < -0.3 is 5.32 Å². The standard InChI is InChI=1S/C19H26F3N3O/c1-12(2)8-13(3)16-10-15(20)6-7-17(16)24-19(26)14(9-18(21)22)11-25(5)23-4/h6-7,10-13,18H,4,8-9H2,1-3,5H3,(H,24,26)/b14-11+. The molecule has 0 heterocycles. The molecule has 4 nitrogen and oxygen atoms in total. The molecule has 1 atom stereocenters. The molecule has 0 bridgehead atoms. The number of hydrazone groups is 1. The number of rotatable bonds is 9. The maximum absolute atomic E-state index is 13.7. The van der Waals surface area contributed by atoms with Gasteiger partial charge in [-0.2, -0.15) is 5.10 Å². The van der Waals surface area contributed by atoms with Crippen LogP contribution in [0.5, 0.6) is 0 Å². The van der Waals surface area contributed by atoms with Crippen molar-refractivity contribution in [1.29, 1.82) is 0 Å². The molecule has 0 saturated heterocycles. The van der Waals surface area contributed by atoms with Crippen LogP contribution in [0.2, 0.25) is 0 Å². The van der Waals surface area contributed by atoms with E-state index in [0.717, 1.165) is 6.42 Å². The van der Waals surface area contributed by atoms with Gasteiger partial charge in [0.15, 0.2) is 0 Å². The SMILES string of the molecule is C=NN(C)/C=C(\CC(F)F)C(=O)Nc1ccc(F)cc1C(C)CC(C)C. The molecule has 0 aliphatic heterocycles. The Balaban J connectivity index is 3.13. The van der Waals surface area contributed by atoms with Crippen LogP contribution in [-0.4, -0.2) is 31.1 Å². The van der Waals surface area contributed by atoms with Crippen molar-refractivity contribution in [3.8, 4) is 0 Å². The second-order valence-corrected chi connectivity index (χ2v) is 6.68. The highest BCUT2D eigenvalue weighted by atomic mass is 19.3. The molecule has 1 aromatic rings. The Morgan fingerprint density at radius 2 is 2.00 bits per heavy atom. The van der Waals surface area contributed by atoms with Crippen LogP contribution in [0.4, 0.5) is 18.9 Å². The molecule has 144 valence electrons. The van der Waals surface area contributed by atoms with Gasteiger partial charge in [-0.05, 0) is 42.0 Å². The van der Waals surface area contributed by atoms with Crippen LogP contribution in [-0.2, 0) is 4.79 Å². The van der Waals surface area contributed by atoms with Crippen molar-refractivity contribution >= 4 is 18.3 Å². The zero-order valence-corrected chi connectivity index (χ0v) is 15.6. The molecule has 0 radical (unpaired) electrons. The lowest BCUT2D eigenvalue weighted by atomic mass is 9.90. The monoisotopic (exact) mass is 369 g/mol. The van der Waals surface area contributed by atoms with E-state index in [-0.39, 0.29) is 11.5 Å². The highest BCUT2D eigenvalue weighted by Crippen LogP contribution is 2.30. The fourth-order valence-corrected chi connectivity index (χ4v) is 2.73. The van der Waals surface area contributed by atoms with Crippen LogP contribution in [0.25, 0.3) is 0 Å². The third-order valence-electron chi connectivity index (χ3n) is 3.85. The van der Waals surface area contributed by atoms with Crippen molar-refractivity contribution < 1.29 is 18.0 Å². The molecule has 0 aliphatic rings. The van der Waals surface area contributed by atoms with E-state index in [9.17, 15) is 18.0 Å². The van der Waals surface area contributed by atoms with E-state index in [0.29, 0.717) is 17.2 Å². The lowest BCUT2D eigenvalue weighted by Crippen LogP contribution is -2.20. The number of anilines is 1. The van der Waals surface area contributed by atoms with E-state index in [1.54, 1.807) is 0 Å². The molecule has 0 spiro atoms. The molecule has 1 unspecified atom stereocenters. The summed E-state index contributed by atoms with van der Waals surface area (Å²) in [5, 5.41) is 7.36.